The molecule has 88 valence electrons. The Morgan fingerprint density at radius 3 is 2.88 bits per heavy atom. The number of halogens is 1. The zero-order valence-corrected chi connectivity index (χ0v) is 10.1. The molecular weight excluding hydrogens is 224 g/mol. The van der Waals surface area contributed by atoms with E-state index in [0.717, 1.165) is 30.7 Å². The van der Waals surface area contributed by atoms with E-state index in [1.165, 1.54) is 31.4 Å². The lowest BCUT2D eigenvalue weighted by molar-refractivity contribution is 0.114. The predicted molar refractivity (Wildman–Crippen MR) is 62.8 cm³/mol. The van der Waals surface area contributed by atoms with Crippen LogP contribution < -0.4 is 0 Å². The van der Waals surface area contributed by atoms with Gasteiger partial charge in [0.1, 0.15) is 0 Å². The standard InChI is InChI=1S/C12H17ClN2O/c13-11-7-14-15(12(11)10-3-4-10)5-6-16-8-9-1-2-9/h7,9-10H,1-6,8H2. The van der Waals surface area contributed by atoms with Crippen molar-refractivity contribution in [2.24, 2.45) is 5.92 Å². The minimum Gasteiger partial charge on any atom is -0.379 e. The molecular formula is C12H17ClN2O. The van der Waals surface area contributed by atoms with E-state index in [-0.39, 0.29) is 0 Å². The van der Waals surface area contributed by atoms with Crippen molar-refractivity contribution in [2.45, 2.75) is 38.1 Å². The third-order valence-electron chi connectivity index (χ3n) is 3.30. The maximum atomic E-state index is 6.13. The monoisotopic (exact) mass is 240 g/mol. The van der Waals surface area contributed by atoms with Crippen LogP contribution in [0.1, 0.15) is 37.3 Å². The van der Waals surface area contributed by atoms with Gasteiger partial charge in [-0.3, -0.25) is 4.68 Å². The molecule has 16 heavy (non-hydrogen) atoms. The van der Waals surface area contributed by atoms with E-state index in [1.54, 1.807) is 6.20 Å². The fourth-order valence-corrected chi connectivity index (χ4v) is 2.29. The van der Waals surface area contributed by atoms with Gasteiger partial charge in [-0.15, -0.1) is 0 Å². The molecule has 0 unspecified atom stereocenters. The summed E-state index contributed by atoms with van der Waals surface area (Å²) in [6, 6.07) is 0. The molecule has 0 atom stereocenters. The topological polar surface area (TPSA) is 27.1 Å². The van der Waals surface area contributed by atoms with Gasteiger partial charge < -0.3 is 4.74 Å². The molecule has 0 N–H and O–H groups in total. The first-order valence-corrected chi connectivity index (χ1v) is 6.51. The van der Waals surface area contributed by atoms with E-state index >= 15 is 0 Å². The second kappa shape index (κ2) is 4.38. The molecule has 2 fully saturated rings. The molecule has 2 saturated carbocycles. The van der Waals surface area contributed by atoms with Crippen LogP contribution >= 0.6 is 11.6 Å². The zero-order valence-electron chi connectivity index (χ0n) is 9.36. The minimum absolute atomic E-state index is 0.651. The molecule has 3 rings (SSSR count). The van der Waals surface area contributed by atoms with E-state index in [0.29, 0.717) is 5.92 Å². The predicted octanol–water partition coefficient (Wildman–Crippen LogP) is 2.84. The van der Waals surface area contributed by atoms with Gasteiger partial charge in [-0.2, -0.15) is 5.10 Å². The van der Waals surface area contributed by atoms with Crippen LogP contribution in [0, 0.1) is 5.92 Å². The lowest BCUT2D eigenvalue weighted by Gasteiger charge is -2.07. The van der Waals surface area contributed by atoms with Crippen LogP contribution in [0.3, 0.4) is 0 Å². The van der Waals surface area contributed by atoms with Crippen LogP contribution in [0.25, 0.3) is 0 Å². The molecule has 3 nitrogen and oxygen atoms in total. The van der Waals surface area contributed by atoms with Gasteiger partial charge in [-0.05, 0) is 31.6 Å². The average Bonchev–Trinajstić information content (AvgIpc) is 3.16. The molecule has 1 aromatic rings. The van der Waals surface area contributed by atoms with Gasteiger partial charge in [0.2, 0.25) is 0 Å². The van der Waals surface area contributed by atoms with E-state index in [2.05, 4.69) is 5.10 Å². The first-order chi connectivity index (χ1) is 7.84. The van der Waals surface area contributed by atoms with Gasteiger partial charge in [0.05, 0.1) is 30.1 Å². The fraction of sp³-hybridized carbons (Fsp3) is 0.750. The normalized spacial score (nSPS) is 20.3. The SMILES string of the molecule is Clc1cnn(CCOCC2CC2)c1C1CC1. The van der Waals surface area contributed by atoms with Crippen molar-refractivity contribution < 1.29 is 4.74 Å². The molecule has 0 aromatic carbocycles. The summed E-state index contributed by atoms with van der Waals surface area (Å²) in [4.78, 5) is 0. The Kier molecular flexibility index (Phi) is 2.90. The molecule has 0 bridgehead atoms. The summed E-state index contributed by atoms with van der Waals surface area (Å²) in [5, 5.41) is 5.14. The van der Waals surface area contributed by atoms with Crippen molar-refractivity contribution in [3.8, 4) is 0 Å². The highest BCUT2D eigenvalue weighted by Gasteiger charge is 2.29. The molecule has 0 radical (unpaired) electrons. The van der Waals surface area contributed by atoms with Gasteiger partial charge in [-0.25, -0.2) is 0 Å². The maximum absolute atomic E-state index is 6.13. The Morgan fingerprint density at radius 1 is 1.38 bits per heavy atom. The summed E-state index contributed by atoms with van der Waals surface area (Å²) < 4.78 is 7.64. The lowest BCUT2D eigenvalue weighted by atomic mass is 10.3. The number of hydrogen-bond acceptors (Lipinski definition) is 2. The maximum Gasteiger partial charge on any atom is 0.0820 e. The van der Waals surface area contributed by atoms with Crippen molar-refractivity contribution in [1.29, 1.82) is 0 Å². The van der Waals surface area contributed by atoms with Gasteiger partial charge in [0.15, 0.2) is 0 Å². The number of rotatable bonds is 6. The highest BCUT2D eigenvalue weighted by Crippen LogP contribution is 2.43. The Labute approximate surface area is 101 Å². The zero-order chi connectivity index (χ0) is 11.0. The molecule has 0 amide bonds. The summed E-state index contributed by atoms with van der Waals surface area (Å²) >= 11 is 6.13. The summed E-state index contributed by atoms with van der Waals surface area (Å²) in [5.74, 6) is 1.49. The van der Waals surface area contributed by atoms with Crippen LogP contribution in [-0.2, 0) is 11.3 Å². The largest absolute Gasteiger partial charge is 0.379 e. The van der Waals surface area contributed by atoms with Crippen molar-refractivity contribution >= 4 is 11.6 Å². The number of aromatic nitrogens is 2. The summed E-state index contributed by atoms with van der Waals surface area (Å²) in [6.07, 6.45) is 6.97. The Bertz CT molecular complexity index is 369. The first-order valence-electron chi connectivity index (χ1n) is 6.13. The second-order valence-corrected chi connectivity index (χ2v) is 5.30. The number of hydrogen-bond donors (Lipinski definition) is 0. The van der Waals surface area contributed by atoms with Crippen molar-refractivity contribution in [3.05, 3.63) is 16.9 Å². The van der Waals surface area contributed by atoms with Crippen molar-refractivity contribution in [3.63, 3.8) is 0 Å². The number of nitrogens with zero attached hydrogens (tertiary/aromatic N) is 2. The number of ether oxygens (including phenoxy) is 1. The molecule has 1 aromatic heterocycles. The third-order valence-corrected chi connectivity index (χ3v) is 3.59. The van der Waals surface area contributed by atoms with Gasteiger partial charge in [0, 0.05) is 12.5 Å². The van der Waals surface area contributed by atoms with Crippen LogP contribution in [0.15, 0.2) is 6.20 Å². The summed E-state index contributed by atoms with van der Waals surface area (Å²) in [5.41, 5.74) is 1.22. The van der Waals surface area contributed by atoms with Gasteiger partial charge >= 0.3 is 0 Å². The van der Waals surface area contributed by atoms with E-state index in [1.807, 2.05) is 4.68 Å². The van der Waals surface area contributed by atoms with E-state index in [4.69, 9.17) is 16.3 Å². The van der Waals surface area contributed by atoms with Crippen molar-refractivity contribution in [1.82, 2.24) is 9.78 Å². The Morgan fingerprint density at radius 2 is 2.19 bits per heavy atom. The molecule has 2 aliphatic carbocycles. The summed E-state index contributed by atoms with van der Waals surface area (Å²) in [7, 11) is 0. The lowest BCUT2D eigenvalue weighted by Crippen LogP contribution is -2.11. The molecule has 0 saturated heterocycles. The highest BCUT2D eigenvalue weighted by atomic mass is 35.5. The molecule has 0 spiro atoms. The van der Waals surface area contributed by atoms with Crippen LogP contribution in [-0.4, -0.2) is 23.0 Å². The molecule has 2 aliphatic rings. The molecule has 1 heterocycles. The Balaban J connectivity index is 1.52. The third kappa shape index (κ3) is 2.41. The molecule has 0 aliphatic heterocycles. The smallest absolute Gasteiger partial charge is 0.0820 e. The average molecular weight is 241 g/mol. The fourth-order valence-electron chi connectivity index (χ4n) is 2.00. The minimum atomic E-state index is 0.651. The second-order valence-electron chi connectivity index (χ2n) is 4.89. The summed E-state index contributed by atoms with van der Waals surface area (Å²) in [6.45, 7) is 2.52. The quantitative estimate of drug-likeness (QED) is 0.715. The molecule has 4 heteroatoms. The Hall–Kier alpha value is -0.540. The van der Waals surface area contributed by atoms with Crippen LogP contribution in [0.4, 0.5) is 0 Å². The van der Waals surface area contributed by atoms with Crippen molar-refractivity contribution in [2.75, 3.05) is 13.2 Å². The van der Waals surface area contributed by atoms with Gasteiger partial charge in [-0.1, -0.05) is 11.6 Å². The van der Waals surface area contributed by atoms with E-state index in [9.17, 15) is 0 Å². The first kappa shape index (κ1) is 10.6. The van der Waals surface area contributed by atoms with Gasteiger partial charge in [0.25, 0.3) is 0 Å². The van der Waals surface area contributed by atoms with E-state index < -0.39 is 0 Å². The highest BCUT2D eigenvalue weighted by molar-refractivity contribution is 6.31. The van der Waals surface area contributed by atoms with Crippen LogP contribution in [0.2, 0.25) is 5.02 Å². The van der Waals surface area contributed by atoms with Crippen LogP contribution in [0.5, 0.6) is 0 Å².